The van der Waals surface area contributed by atoms with E-state index in [4.69, 9.17) is 4.74 Å². The van der Waals surface area contributed by atoms with Gasteiger partial charge in [-0.1, -0.05) is 32.9 Å². The summed E-state index contributed by atoms with van der Waals surface area (Å²) in [6.07, 6.45) is 0.460. The summed E-state index contributed by atoms with van der Waals surface area (Å²) < 4.78 is 5.60. The molecule has 0 fully saturated rings. The van der Waals surface area contributed by atoms with Crippen LogP contribution in [-0.2, 0) is 10.2 Å². The molecule has 0 bridgehead atoms. The first-order valence-corrected chi connectivity index (χ1v) is 8.65. The number of phenols is 1. The maximum Gasteiger partial charge on any atom is 0.311 e. The van der Waals surface area contributed by atoms with E-state index in [2.05, 4.69) is 31.3 Å². The molecule has 0 aliphatic heterocycles. The van der Waals surface area contributed by atoms with E-state index in [9.17, 15) is 20.0 Å². The largest absolute Gasteiger partial charge is 0.502 e. The predicted molar refractivity (Wildman–Crippen MR) is 106 cm³/mol. The van der Waals surface area contributed by atoms with E-state index in [1.807, 2.05) is 24.3 Å². The number of hydrogen-bond acceptors (Lipinski definition) is 6. The molecule has 2 aromatic rings. The van der Waals surface area contributed by atoms with Crippen molar-refractivity contribution in [3.05, 3.63) is 63.7 Å². The average Bonchev–Trinajstić information content (AvgIpc) is 2.62. The molecule has 28 heavy (non-hydrogen) atoms. The van der Waals surface area contributed by atoms with E-state index in [1.165, 1.54) is 18.3 Å². The standard InChI is InChI=1S/C20H23N3O5/c1-13(28-16-8-6-15(7-9-16)20(2,3)4)19(25)22-21-12-14-5-10-18(24)17(11-14)23(26)27/h5-13,24H,1-4H3,(H,22,25)/b21-12+. The van der Waals surface area contributed by atoms with Gasteiger partial charge in [-0.25, -0.2) is 5.43 Å². The summed E-state index contributed by atoms with van der Waals surface area (Å²) in [5.41, 5.74) is 3.43. The summed E-state index contributed by atoms with van der Waals surface area (Å²) in [6, 6.07) is 11.3. The summed E-state index contributed by atoms with van der Waals surface area (Å²) in [5.74, 6) is -0.344. The third-order valence-electron chi connectivity index (χ3n) is 3.99. The first-order valence-electron chi connectivity index (χ1n) is 8.65. The second-order valence-corrected chi connectivity index (χ2v) is 7.27. The van der Waals surface area contributed by atoms with Crippen molar-refractivity contribution < 1.29 is 19.6 Å². The van der Waals surface area contributed by atoms with Gasteiger partial charge in [-0.05, 0) is 42.2 Å². The molecule has 8 nitrogen and oxygen atoms in total. The van der Waals surface area contributed by atoms with E-state index in [0.29, 0.717) is 11.3 Å². The molecular weight excluding hydrogens is 362 g/mol. The van der Waals surface area contributed by atoms with Crippen LogP contribution < -0.4 is 10.2 Å². The number of carbonyl (C=O) groups is 1. The molecule has 0 heterocycles. The first-order chi connectivity index (χ1) is 13.1. The molecule has 2 rings (SSSR count). The minimum atomic E-state index is -0.785. The van der Waals surface area contributed by atoms with Crippen LogP contribution in [0, 0.1) is 10.1 Å². The van der Waals surface area contributed by atoms with Gasteiger partial charge in [-0.15, -0.1) is 0 Å². The lowest BCUT2D eigenvalue weighted by molar-refractivity contribution is -0.385. The van der Waals surface area contributed by atoms with Gasteiger partial charge in [0.05, 0.1) is 11.1 Å². The topological polar surface area (TPSA) is 114 Å². The highest BCUT2D eigenvalue weighted by Crippen LogP contribution is 2.26. The number of carbonyl (C=O) groups excluding carboxylic acids is 1. The molecule has 0 spiro atoms. The SMILES string of the molecule is CC(Oc1ccc(C(C)(C)C)cc1)C(=O)N/N=C/c1ccc(O)c([N+](=O)[O-])c1. The highest BCUT2D eigenvalue weighted by molar-refractivity contribution is 5.85. The minimum absolute atomic E-state index is 0.0273. The van der Waals surface area contributed by atoms with Crippen molar-refractivity contribution in [3.63, 3.8) is 0 Å². The average molecular weight is 385 g/mol. The zero-order chi connectivity index (χ0) is 20.9. The van der Waals surface area contributed by atoms with Crippen LogP contribution in [0.15, 0.2) is 47.6 Å². The van der Waals surface area contributed by atoms with Crippen LogP contribution in [0.1, 0.15) is 38.8 Å². The van der Waals surface area contributed by atoms with Crippen molar-refractivity contribution in [2.45, 2.75) is 39.2 Å². The molecule has 148 valence electrons. The van der Waals surface area contributed by atoms with Crippen LogP contribution in [0.4, 0.5) is 5.69 Å². The number of nitrogens with one attached hydrogen (secondary N) is 1. The van der Waals surface area contributed by atoms with Crippen LogP contribution in [0.3, 0.4) is 0 Å². The molecule has 0 aliphatic rings. The van der Waals surface area contributed by atoms with Crippen LogP contribution in [-0.4, -0.2) is 28.3 Å². The van der Waals surface area contributed by atoms with Crippen molar-refractivity contribution in [1.29, 1.82) is 0 Å². The van der Waals surface area contributed by atoms with Gasteiger partial charge in [0, 0.05) is 11.6 Å². The first kappa shape index (κ1) is 20.9. The Labute approximate surface area is 163 Å². The van der Waals surface area contributed by atoms with Crippen LogP contribution in [0.25, 0.3) is 0 Å². The number of nitrogens with zero attached hydrogens (tertiary/aromatic N) is 2. The summed E-state index contributed by atoms with van der Waals surface area (Å²) in [6.45, 7) is 7.92. The van der Waals surface area contributed by atoms with Gasteiger partial charge < -0.3 is 9.84 Å². The number of nitro groups is 1. The second-order valence-electron chi connectivity index (χ2n) is 7.27. The van der Waals surface area contributed by atoms with Crippen molar-refractivity contribution in [2.24, 2.45) is 5.10 Å². The molecular formula is C20H23N3O5. The molecule has 2 aromatic carbocycles. The zero-order valence-corrected chi connectivity index (χ0v) is 16.2. The number of hydrogen-bond donors (Lipinski definition) is 2. The van der Waals surface area contributed by atoms with Crippen molar-refractivity contribution >= 4 is 17.8 Å². The fourth-order valence-corrected chi connectivity index (χ4v) is 2.32. The summed E-state index contributed by atoms with van der Waals surface area (Å²) >= 11 is 0. The van der Waals surface area contributed by atoms with Crippen molar-refractivity contribution in [1.82, 2.24) is 5.43 Å². The van der Waals surface area contributed by atoms with Gasteiger partial charge in [-0.2, -0.15) is 5.10 Å². The Morgan fingerprint density at radius 1 is 1.25 bits per heavy atom. The molecule has 1 amide bonds. The van der Waals surface area contributed by atoms with Crippen molar-refractivity contribution in [3.8, 4) is 11.5 Å². The maximum atomic E-state index is 12.1. The van der Waals surface area contributed by atoms with E-state index in [1.54, 1.807) is 6.92 Å². The Morgan fingerprint density at radius 3 is 2.46 bits per heavy atom. The van der Waals surface area contributed by atoms with E-state index < -0.39 is 28.4 Å². The molecule has 0 aliphatic carbocycles. The normalized spacial score (nSPS) is 12.6. The Kier molecular flexibility index (Phi) is 6.35. The van der Waals surface area contributed by atoms with Crippen LogP contribution in [0.5, 0.6) is 11.5 Å². The molecule has 0 saturated heterocycles. The summed E-state index contributed by atoms with van der Waals surface area (Å²) in [5, 5.41) is 24.0. The number of amides is 1. The van der Waals surface area contributed by atoms with Gasteiger partial charge in [0.1, 0.15) is 5.75 Å². The highest BCUT2D eigenvalue weighted by Gasteiger charge is 2.16. The van der Waals surface area contributed by atoms with Gasteiger partial charge in [0.15, 0.2) is 11.9 Å². The molecule has 0 radical (unpaired) electrons. The summed E-state index contributed by atoms with van der Waals surface area (Å²) in [7, 11) is 0. The monoisotopic (exact) mass is 385 g/mol. The predicted octanol–water partition coefficient (Wildman–Crippen LogP) is 3.52. The lowest BCUT2D eigenvalue weighted by atomic mass is 9.87. The molecule has 1 unspecified atom stereocenters. The Bertz CT molecular complexity index is 886. The second kappa shape index (κ2) is 8.51. The number of rotatable bonds is 6. The minimum Gasteiger partial charge on any atom is -0.502 e. The number of nitro benzene ring substituents is 1. The Morgan fingerprint density at radius 2 is 1.89 bits per heavy atom. The van der Waals surface area contributed by atoms with Crippen LogP contribution >= 0.6 is 0 Å². The van der Waals surface area contributed by atoms with Gasteiger partial charge >= 0.3 is 5.69 Å². The third kappa shape index (κ3) is 5.54. The van der Waals surface area contributed by atoms with E-state index in [-0.39, 0.29) is 5.41 Å². The lowest BCUT2D eigenvalue weighted by Gasteiger charge is -2.19. The number of aromatic hydroxyl groups is 1. The molecule has 0 aromatic heterocycles. The maximum absolute atomic E-state index is 12.1. The zero-order valence-electron chi connectivity index (χ0n) is 16.2. The van der Waals surface area contributed by atoms with Gasteiger partial charge in [0.25, 0.3) is 5.91 Å². The number of ether oxygens (including phenoxy) is 1. The molecule has 8 heteroatoms. The number of phenolic OH excluding ortho intramolecular Hbond substituents is 1. The van der Waals surface area contributed by atoms with E-state index in [0.717, 1.165) is 11.6 Å². The number of hydrazone groups is 1. The fraction of sp³-hybridized carbons (Fsp3) is 0.300. The third-order valence-corrected chi connectivity index (χ3v) is 3.99. The smallest absolute Gasteiger partial charge is 0.311 e. The highest BCUT2D eigenvalue weighted by atomic mass is 16.6. The fourth-order valence-electron chi connectivity index (χ4n) is 2.32. The number of benzene rings is 2. The molecule has 1 atom stereocenters. The quantitative estimate of drug-likeness (QED) is 0.449. The van der Waals surface area contributed by atoms with Gasteiger partial charge in [0.2, 0.25) is 0 Å². The lowest BCUT2D eigenvalue weighted by Crippen LogP contribution is -2.33. The van der Waals surface area contributed by atoms with Crippen LogP contribution in [0.2, 0.25) is 0 Å². The molecule has 2 N–H and O–H groups in total. The Balaban J connectivity index is 1.94. The van der Waals surface area contributed by atoms with E-state index >= 15 is 0 Å². The summed E-state index contributed by atoms with van der Waals surface area (Å²) in [4.78, 5) is 22.2. The van der Waals surface area contributed by atoms with Crippen molar-refractivity contribution in [2.75, 3.05) is 0 Å². The Hall–Kier alpha value is -3.42. The van der Waals surface area contributed by atoms with Gasteiger partial charge in [-0.3, -0.25) is 14.9 Å². The molecule has 0 saturated carbocycles.